The van der Waals surface area contributed by atoms with Crippen LogP contribution in [0.25, 0.3) is 0 Å². The van der Waals surface area contributed by atoms with Crippen LogP contribution in [-0.4, -0.2) is 31.1 Å². The highest BCUT2D eigenvalue weighted by Crippen LogP contribution is 2.12. The van der Waals surface area contributed by atoms with Crippen LogP contribution in [0.1, 0.15) is 47.0 Å². The molecule has 0 aromatic heterocycles. The SMILES string of the molecule is CCCC(C)N(CC)S(=O)(=O)CCC. The van der Waals surface area contributed by atoms with Gasteiger partial charge in [-0.05, 0) is 19.8 Å². The predicted molar refractivity (Wildman–Crippen MR) is 60.8 cm³/mol. The van der Waals surface area contributed by atoms with E-state index in [1.807, 2.05) is 20.8 Å². The maximum Gasteiger partial charge on any atom is 0.214 e. The van der Waals surface area contributed by atoms with Crippen LogP contribution in [0.5, 0.6) is 0 Å². The van der Waals surface area contributed by atoms with Crippen molar-refractivity contribution in [2.75, 3.05) is 12.3 Å². The second-order valence-corrected chi connectivity index (χ2v) is 5.70. The standard InChI is InChI=1S/C10H23NO2S/c1-5-8-10(4)11(7-3)14(12,13)9-6-2/h10H,5-9H2,1-4H3. The third kappa shape index (κ3) is 3.96. The molecule has 0 saturated heterocycles. The van der Waals surface area contributed by atoms with Gasteiger partial charge in [0, 0.05) is 12.6 Å². The lowest BCUT2D eigenvalue weighted by molar-refractivity contribution is 0.332. The van der Waals surface area contributed by atoms with Crippen molar-refractivity contribution in [3.05, 3.63) is 0 Å². The zero-order valence-corrected chi connectivity index (χ0v) is 10.6. The van der Waals surface area contributed by atoms with E-state index in [-0.39, 0.29) is 11.8 Å². The van der Waals surface area contributed by atoms with Crippen LogP contribution >= 0.6 is 0 Å². The van der Waals surface area contributed by atoms with Gasteiger partial charge in [-0.1, -0.05) is 27.2 Å². The third-order valence-electron chi connectivity index (χ3n) is 2.33. The van der Waals surface area contributed by atoms with Gasteiger partial charge in [0.1, 0.15) is 0 Å². The second-order valence-electron chi connectivity index (χ2n) is 3.66. The first-order valence-electron chi connectivity index (χ1n) is 5.49. The highest BCUT2D eigenvalue weighted by Gasteiger charge is 2.23. The van der Waals surface area contributed by atoms with E-state index in [0.717, 1.165) is 12.8 Å². The summed E-state index contributed by atoms with van der Waals surface area (Å²) in [5.41, 5.74) is 0. The van der Waals surface area contributed by atoms with Crippen molar-refractivity contribution in [3.63, 3.8) is 0 Å². The number of sulfonamides is 1. The normalized spacial score (nSPS) is 14.6. The molecule has 0 radical (unpaired) electrons. The van der Waals surface area contributed by atoms with E-state index < -0.39 is 10.0 Å². The van der Waals surface area contributed by atoms with E-state index in [1.165, 1.54) is 0 Å². The molecule has 3 nitrogen and oxygen atoms in total. The molecule has 1 unspecified atom stereocenters. The molecule has 1 atom stereocenters. The van der Waals surface area contributed by atoms with Crippen LogP contribution < -0.4 is 0 Å². The summed E-state index contributed by atoms with van der Waals surface area (Å²) >= 11 is 0. The largest absolute Gasteiger partial charge is 0.214 e. The summed E-state index contributed by atoms with van der Waals surface area (Å²) in [4.78, 5) is 0. The molecule has 0 amide bonds. The quantitative estimate of drug-likeness (QED) is 0.661. The topological polar surface area (TPSA) is 37.4 Å². The summed E-state index contributed by atoms with van der Waals surface area (Å²) in [7, 11) is -3.01. The lowest BCUT2D eigenvalue weighted by atomic mass is 10.2. The molecule has 0 bridgehead atoms. The summed E-state index contributed by atoms with van der Waals surface area (Å²) < 4.78 is 25.2. The molecule has 0 aromatic rings. The van der Waals surface area contributed by atoms with Gasteiger partial charge in [0.05, 0.1) is 5.75 Å². The molecule has 4 heteroatoms. The van der Waals surface area contributed by atoms with Gasteiger partial charge in [0.25, 0.3) is 0 Å². The van der Waals surface area contributed by atoms with Crippen molar-refractivity contribution in [2.45, 2.75) is 53.0 Å². The van der Waals surface area contributed by atoms with Crippen molar-refractivity contribution >= 4 is 10.0 Å². The van der Waals surface area contributed by atoms with Gasteiger partial charge in [-0.15, -0.1) is 0 Å². The highest BCUT2D eigenvalue weighted by molar-refractivity contribution is 7.89. The monoisotopic (exact) mass is 221 g/mol. The summed E-state index contributed by atoms with van der Waals surface area (Å²) in [6.45, 7) is 8.45. The predicted octanol–water partition coefficient (Wildman–Crippen LogP) is 2.24. The highest BCUT2D eigenvalue weighted by atomic mass is 32.2. The van der Waals surface area contributed by atoms with Gasteiger partial charge in [-0.25, -0.2) is 8.42 Å². The Morgan fingerprint density at radius 3 is 2.07 bits per heavy atom. The molecule has 86 valence electrons. The number of hydrogen-bond acceptors (Lipinski definition) is 2. The zero-order valence-electron chi connectivity index (χ0n) is 9.78. The Morgan fingerprint density at radius 1 is 1.14 bits per heavy atom. The van der Waals surface area contributed by atoms with Gasteiger partial charge < -0.3 is 0 Å². The summed E-state index contributed by atoms with van der Waals surface area (Å²) in [5, 5.41) is 0. The Hall–Kier alpha value is -0.0900. The minimum Gasteiger partial charge on any atom is -0.212 e. The molecule has 0 N–H and O–H groups in total. The summed E-state index contributed by atoms with van der Waals surface area (Å²) in [6, 6.07) is 0.140. The molecular formula is C10H23NO2S. The van der Waals surface area contributed by atoms with Gasteiger partial charge >= 0.3 is 0 Å². The number of hydrogen-bond donors (Lipinski definition) is 0. The van der Waals surface area contributed by atoms with E-state index in [4.69, 9.17) is 0 Å². The van der Waals surface area contributed by atoms with Gasteiger partial charge in [0.2, 0.25) is 10.0 Å². The lowest BCUT2D eigenvalue weighted by Crippen LogP contribution is -2.39. The van der Waals surface area contributed by atoms with Crippen molar-refractivity contribution in [1.82, 2.24) is 4.31 Å². The molecule has 14 heavy (non-hydrogen) atoms. The molecule has 0 aliphatic carbocycles. The second kappa shape index (κ2) is 6.40. The summed E-state index contributed by atoms with van der Waals surface area (Å²) in [6.07, 6.45) is 2.66. The molecule has 0 aliphatic heterocycles. The fourth-order valence-corrected chi connectivity index (χ4v) is 3.52. The average molecular weight is 221 g/mol. The summed E-state index contributed by atoms with van der Waals surface area (Å²) in [5.74, 6) is 0.273. The van der Waals surface area contributed by atoms with Crippen molar-refractivity contribution in [1.29, 1.82) is 0 Å². The van der Waals surface area contributed by atoms with Gasteiger partial charge in [-0.2, -0.15) is 4.31 Å². The van der Waals surface area contributed by atoms with Crippen molar-refractivity contribution in [2.24, 2.45) is 0 Å². The molecule has 0 spiro atoms. The fraction of sp³-hybridized carbons (Fsp3) is 1.00. The minimum atomic E-state index is -3.01. The molecule has 0 aromatic carbocycles. The molecule has 0 rings (SSSR count). The van der Waals surface area contributed by atoms with Crippen LogP contribution in [0, 0.1) is 0 Å². The fourth-order valence-electron chi connectivity index (χ4n) is 1.72. The smallest absolute Gasteiger partial charge is 0.212 e. The van der Waals surface area contributed by atoms with E-state index >= 15 is 0 Å². The van der Waals surface area contributed by atoms with Gasteiger partial charge in [0.15, 0.2) is 0 Å². The van der Waals surface area contributed by atoms with E-state index in [9.17, 15) is 8.42 Å². The first-order chi connectivity index (χ1) is 6.49. The van der Waals surface area contributed by atoms with E-state index in [2.05, 4.69) is 6.92 Å². The Balaban J connectivity index is 4.54. The molecule has 0 fully saturated rings. The third-order valence-corrected chi connectivity index (χ3v) is 4.59. The Bertz CT molecular complexity index is 237. The van der Waals surface area contributed by atoms with Crippen LogP contribution in [0.4, 0.5) is 0 Å². The van der Waals surface area contributed by atoms with Crippen molar-refractivity contribution < 1.29 is 8.42 Å². The van der Waals surface area contributed by atoms with Crippen molar-refractivity contribution in [3.8, 4) is 0 Å². The minimum absolute atomic E-state index is 0.140. The molecule has 0 heterocycles. The van der Waals surface area contributed by atoms with E-state index in [0.29, 0.717) is 13.0 Å². The molecular weight excluding hydrogens is 198 g/mol. The Labute approximate surface area is 88.5 Å². The lowest BCUT2D eigenvalue weighted by Gasteiger charge is -2.26. The maximum absolute atomic E-state index is 11.8. The first-order valence-corrected chi connectivity index (χ1v) is 7.10. The number of rotatable bonds is 7. The average Bonchev–Trinajstić information content (AvgIpc) is 2.04. The Morgan fingerprint density at radius 2 is 1.71 bits per heavy atom. The zero-order chi connectivity index (χ0) is 11.2. The Kier molecular flexibility index (Phi) is 6.36. The molecule has 0 saturated carbocycles. The first kappa shape index (κ1) is 13.9. The van der Waals surface area contributed by atoms with Crippen LogP contribution in [0.2, 0.25) is 0 Å². The van der Waals surface area contributed by atoms with E-state index in [1.54, 1.807) is 4.31 Å². The van der Waals surface area contributed by atoms with Crippen LogP contribution in [-0.2, 0) is 10.0 Å². The van der Waals surface area contributed by atoms with Crippen LogP contribution in [0.3, 0.4) is 0 Å². The maximum atomic E-state index is 11.8. The molecule has 0 aliphatic rings. The number of nitrogens with zero attached hydrogens (tertiary/aromatic N) is 1. The van der Waals surface area contributed by atoms with Gasteiger partial charge in [-0.3, -0.25) is 0 Å². The van der Waals surface area contributed by atoms with Crippen LogP contribution in [0.15, 0.2) is 0 Å².